The Bertz CT molecular complexity index is 354. The van der Waals surface area contributed by atoms with Gasteiger partial charge < -0.3 is 30.3 Å². The van der Waals surface area contributed by atoms with Gasteiger partial charge in [-0.2, -0.15) is 0 Å². The Morgan fingerprint density at radius 3 is 2.75 bits per heavy atom. The summed E-state index contributed by atoms with van der Waals surface area (Å²) in [6.45, 7) is -1.23. The first-order chi connectivity index (χ1) is 7.60. The molecule has 1 aromatic rings. The van der Waals surface area contributed by atoms with Crippen LogP contribution >= 0.6 is 0 Å². The van der Waals surface area contributed by atoms with Crippen LogP contribution in [0.2, 0.25) is 0 Å². The third-order valence-corrected chi connectivity index (χ3v) is 1.80. The molecular weight excluding hydrogens is 222 g/mol. The van der Waals surface area contributed by atoms with E-state index >= 15 is 0 Å². The summed E-state index contributed by atoms with van der Waals surface area (Å²) in [6.07, 6.45) is -0.215. The topological polar surface area (TPSA) is 131 Å². The first kappa shape index (κ1) is 12.4. The monoisotopic (exact) mass is 233 g/mol. The number of nitrogens with zero attached hydrogens (tertiary/aromatic N) is 3. The SMILES string of the molecule is O=[N+]([O-])c1nccn1O[C@H](CO)C(O)CO. The molecule has 3 N–H and O–H groups in total. The normalized spacial score (nSPS) is 14.4. The third-order valence-electron chi connectivity index (χ3n) is 1.80. The molecule has 0 bridgehead atoms. The van der Waals surface area contributed by atoms with Crippen LogP contribution < -0.4 is 4.84 Å². The fraction of sp³-hybridized carbons (Fsp3) is 0.571. The Hall–Kier alpha value is -1.71. The highest BCUT2D eigenvalue weighted by Gasteiger charge is 2.25. The molecule has 0 aliphatic rings. The lowest BCUT2D eigenvalue weighted by molar-refractivity contribution is -0.402. The molecule has 1 heterocycles. The number of hydrogen-bond donors (Lipinski definition) is 3. The third kappa shape index (κ3) is 2.66. The summed E-state index contributed by atoms with van der Waals surface area (Å²) >= 11 is 0. The second-order valence-electron chi connectivity index (χ2n) is 2.89. The van der Waals surface area contributed by atoms with Gasteiger partial charge in [0.1, 0.15) is 18.5 Å². The van der Waals surface area contributed by atoms with Gasteiger partial charge in [-0.25, -0.2) is 0 Å². The number of aliphatic hydroxyl groups excluding tert-OH is 3. The fourth-order valence-electron chi connectivity index (χ4n) is 0.983. The zero-order valence-corrected chi connectivity index (χ0v) is 8.13. The lowest BCUT2D eigenvalue weighted by Crippen LogP contribution is -2.41. The standard InChI is InChI=1S/C7H11N3O6/c11-3-5(13)6(4-12)16-9-2-1-8-7(9)10(14)15/h1-2,5-6,11-13H,3-4H2/t5?,6-/m1/s1. The van der Waals surface area contributed by atoms with Crippen molar-refractivity contribution in [3.63, 3.8) is 0 Å². The van der Waals surface area contributed by atoms with Crippen LogP contribution in [0, 0.1) is 10.1 Å². The van der Waals surface area contributed by atoms with Gasteiger partial charge in [0.05, 0.1) is 13.2 Å². The van der Waals surface area contributed by atoms with Crippen LogP contribution in [0.1, 0.15) is 0 Å². The molecule has 0 aromatic carbocycles. The maximum Gasteiger partial charge on any atom is 0.471 e. The van der Waals surface area contributed by atoms with Gasteiger partial charge in [0.2, 0.25) is 0 Å². The molecule has 90 valence electrons. The van der Waals surface area contributed by atoms with Crippen molar-refractivity contribution in [1.82, 2.24) is 9.71 Å². The van der Waals surface area contributed by atoms with Gasteiger partial charge in [0.15, 0.2) is 6.10 Å². The van der Waals surface area contributed by atoms with Crippen LogP contribution in [0.3, 0.4) is 0 Å². The Balaban J connectivity index is 2.77. The Morgan fingerprint density at radius 2 is 2.25 bits per heavy atom. The lowest BCUT2D eigenvalue weighted by Gasteiger charge is -2.17. The quantitative estimate of drug-likeness (QED) is 0.380. The maximum atomic E-state index is 10.5. The van der Waals surface area contributed by atoms with Crippen LogP contribution in [0.15, 0.2) is 12.4 Å². The molecule has 0 fully saturated rings. The van der Waals surface area contributed by atoms with Gasteiger partial charge in [-0.3, -0.25) is 0 Å². The zero-order valence-electron chi connectivity index (χ0n) is 8.13. The molecule has 2 atom stereocenters. The summed E-state index contributed by atoms with van der Waals surface area (Å²) < 4.78 is 0.708. The highest BCUT2D eigenvalue weighted by atomic mass is 16.7. The molecule has 9 heteroatoms. The van der Waals surface area contributed by atoms with Crippen LogP contribution in [0.4, 0.5) is 5.95 Å². The summed E-state index contributed by atoms with van der Waals surface area (Å²) in [7, 11) is 0. The number of hydrogen-bond acceptors (Lipinski definition) is 7. The maximum absolute atomic E-state index is 10.5. The van der Waals surface area contributed by atoms with Gasteiger partial charge in [-0.15, -0.1) is 0 Å². The van der Waals surface area contributed by atoms with E-state index in [1.807, 2.05) is 0 Å². The van der Waals surface area contributed by atoms with Crippen molar-refractivity contribution < 1.29 is 25.1 Å². The molecule has 0 saturated heterocycles. The number of aromatic nitrogens is 2. The molecule has 0 radical (unpaired) electrons. The largest absolute Gasteiger partial charge is 0.471 e. The van der Waals surface area contributed by atoms with Gasteiger partial charge in [0.25, 0.3) is 0 Å². The lowest BCUT2D eigenvalue weighted by atomic mass is 10.2. The van der Waals surface area contributed by atoms with Gasteiger partial charge in [-0.1, -0.05) is 9.71 Å². The van der Waals surface area contributed by atoms with E-state index in [4.69, 9.17) is 15.1 Å². The Morgan fingerprint density at radius 1 is 1.56 bits per heavy atom. The molecule has 0 spiro atoms. The second-order valence-corrected chi connectivity index (χ2v) is 2.89. The molecule has 0 saturated carbocycles. The molecule has 1 aromatic heterocycles. The van der Waals surface area contributed by atoms with E-state index in [2.05, 4.69) is 4.98 Å². The average Bonchev–Trinajstić information content (AvgIpc) is 2.72. The molecule has 1 rings (SSSR count). The minimum absolute atomic E-state index is 0.580. The molecule has 0 aliphatic heterocycles. The fourth-order valence-corrected chi connectivity index (χ4v) is 0.983. The molecule has 9 nitrogen and oxygen atoms in total. The van der Waals surface area contributed by atoms with Crippen LogP contribution in [0.25, 0.3) is 0 Å². The molecule has 0 amide bonds. The predicted octanol–water partition coefficient (Wildman–Crippen LogP) is -2.07. The Kier molecular flexibility index (Phi) is 4.17. The smallest absolute Gasteiger partial charge is 0.394 e. The van der Waals surface area contributed by atoms with Crippen LogP contribution in [-0.4, -0.2) is 55.4 Å². The van der Waals surface area contributed by atoms with Crippen LogP contribution in [-0.2, 0) is 0 Å². The van der Waals surface area contributed by atoms with Gasteiger partial charge in [0, 0.05) is 0 Å². The number of nitro groups is 1. The number of rotatable bonds is 6. The van der Waals surface area contributed by atoms with Crippen molar-refractivity contribution in [3.05, 3.63) is 22.5 Å². The summed E-state index contributed by atoms with van der Waals surface area (Å²) in [5, 5.41) is 37.2. The predicted molar refractivity (Wildman–Crippen MR) is 49.4 cm³/mol. The van der Waals surface area contributed by atoms with Crippen LogP contribution in [0.5, 0.6) is 0 Å². The number of imidazole rings is 1. The second kappa shape index (κ2) is 5.39. The summed E-state index contributed by atoms with van der Waals surface area (Å²) in [4.78, 5) is 18.0. The molecule has 1 unspecified atom stereocenters. The minimum atomic E-state index is -1.34. The van der Waals surface area contributed by atoms with Crippen molar-refractivity contribution in [1.29, 1.82) is 0 Å². The van der Waals surface area contributed by atoms with E-state index in [1.165, 1.54) is 0 Å². The van der Waals surface area contributed by atoms with Gasteiger partial charge >= 0.3 is 5.95 Å². The highest BCUT2D eigenvalue weighted by molar-refractivity contribution is 5.04. The number of aliphatic hydroxyl groups is 3. The highest BCUT2D eigenvalue weighted by Crippen LogP contribution is 2.07. The van der Waals surface area contributed by atoms with E-state index in [0.29, 0.717) is 4.73 Å². The first-order valence-electron chi connectivity index (χ1n) is 4.34. The van der Waals surface area contributed by atoms with Crippen molar-refractivity contribution in [2.75, 3.05) is 13.2 Å². The van der Waals surface area contributed by atoms with Crippen molar-refractivity contribution in [3.8, 4) is 0 Å². The van der Waals surface area contributed by atoms with E-state index in [1.54, 1.807) is 0 Å². The van der Waals surface area contributed by atoms with Crippen molar-refractivity contribution in [2.24, 2.45) is 0 Å². The summed E-state index contributed by atoms with van der Waals surface area (Å²) in [5.74, 6) is -0.580. The molecular formula is C7H11N3O6. The van der Waals surface area contributed by atoms with E-state index < -0.39 is 36.3 Å². The van der Waals surface area contributed by atoms with E-state index in [9.17, 15) is 15.2 Å². The first-order valence-corrected chi connectivity index (χ1v) is 4.34. The van der Waals surface area contributed by atoms with Gasteiger partial charge in [-0.05, 0) is 4.92 Å². The van der Waals surface area contributed by atoms with Crippen molar-refractivity contribution >= 4 is 5.95 Å². The van der Waals surface area contributed by atoms with E-state index in [-0.39, 0.29) is 0 Å². The average molecular weight is 233 g/mol. The molecule has 0 aliphatic carbocycles. The van der Waals surface area contributed by atoms with Crippen molar-refractivity contribution in [2.45, 2.75) is 12.2 Å². The molecule has 16 heavy (non-hydrogen) atoms. The summed E-state index contributed by atoms with van der Waals surface area (Å²) in [5.41, 5.74) is 0. The Labute approximate surface area is 89.6 Å². The minimum Gasteiger partial charge on any atom is -0.394 e. The summed E-state index contributed by atoms with van der Waals surface area (Å²) in [6, 6.07) is 0. The zero-order chi connectivity index (χ0) is 12.1. The van der Waals surface area contributed by atoms with E-state index in [0.717, 1.165) is 12.4 Å².